The van der Waals surface area contributed by atoms with Crippen LogP contribution < -0.4 is 4.74 Å². The van der Waals surface area contributed by atoms with E-state index in [1.165, 1.54) is 12.1 Å². The van der Waals surface area contributed by atoms with Gasteiger partial charge in [-0.3, -0.25) is 4.79 Å². The number of aromatic carboxylic acids is 1. The molecule has 0 saturated heterocycles. The first-order valence-corrected chi connectivity index (χ1v) is 7.28. The predicted molar refractivity (Wildman–Crippen MR) is 87.1 cm³/mol. The van der Waals surface area contributed by atoms with Gasteiger partial charge in [-0.2, -0.15) is 0 Å². The zero-order valence-electron chi connectivity index (χ0n) is 12.9. The highest BCUT2D eigenvalue weighted by Gasteiger charge is 2.25. The molecule has 0 radical (unpaired) electrons. The molecule has 0 fully saturated rings. The molecule has 0 unspecified atom stereocenters. The van der Waals surface area contributed by atoms with Gasteiger partial charge in [-0.05, 0) is 54.8 Å². The molecule has 0 aliphatic carbocycles. The van der Waals surface area contributed by atoms with Crippen molar-refractivity contribution in [2.24, 2.45) is 0 Å². The molecular weight excluding hydrogens is 292 g/mol. The van der Waals surface area contributed by atoms with E-state index in [4.69, 9.17) is 9.84 Å². The SMILES string of the molecule is Cc1cc(C)c2c(c1)C(=O)/C(=C\c1ccc(C(=O)O)cc1)CO2. The summed E-state index contributed by atoms with van der Waals surface area (Å²) in [4.78, 5) is 23.5. The molecule has 1 heterocycles. The van der Waals surface area contributed by atoms with Crippen molar-refractivity contribution in [1.82, 2.24) is 0 Å². The van der Waals surface area contributed by atoms with Crippen molar-refractivity contribution in [2.45, 2.75) is 13.8 Å². The van der Waals surface area contributed by atoms with E-state index in [2.05, 4.69) is 0 Å². The fourth-order valence-corrected chi connectivity index (χ4v) is 2.73. The number of ketones is 1. The second-order valence-electron chi connectivity index (χ2n) is 5.67. The van der Waals surface area contributed by atoms with Crippen LogP contribution in [0.1, 0.15) is 37.4 Å². The number of hydrogen-bond acceptors (Lipinski definition) is 3. The van der Waals surface area contributed by atoms with Crippen LogP contribution in [0.15, 0.2) is 42.0 Å². The fraction of sp³-hybridized carbons (Fsp3) is 0.158. The van der Waals surface area contributed by atoms with Gasteiger partial charge in [0, 0.05) is 5.57 Å². The van der Waals surface area contributed by atoms with Crippen LogP contribution in [0.3, 0.4) is 0 Å². The van der Waals surface area contributed by atoms with Crippen molar-refractivity contribution in [3.8, 4) is 5.75 Å². The number of carboxylic acid groups (broad SMARTS) is 1. The zero-order valence-corrected chi connectivity index (χ0v) is 12.9. The molecule has 0 bridgehead atoms. The number of carboxylic acids is 1. The Morgan fingerprint density at radius 2 is 1.87 bits per heavy atom. The first kappa shape index (κ1) is 15.0. The molecule has 2 aromatic carbocycles. The van der Waals surface area contributed by atoms with E-state index >= 15 is 0 Å². The van der Waals surface area contributed by atoms with Crippen LogP contribution in [0.4, 0.5) is 0 Å². The van der Waals surface area contributed by atoms with Gasteiger partial charge in [-0.25, -0.2) is 4.79 Å². The predicted octanol–water partition coefficient (Wildman–Crippen LogP) is 3.66. The maximum atomic E-state index is 12.7. The van der Waals surface area contributed by atoms with Crippen molar-refractivity contribution in [3.63, 3.8) is 0 Å². The standard InChI is InChI=1S/C19H16O4/c1-11-7-12(2)18-16(8-11)17(20)15(10-23-18)9-13-3-5-14(6-4-13)19(21)22/h3-9H,10H2,1-2H3,(H,21,22)/b15-9-. The maximum absolute atomic E-state index is 12.7. The molecule has 3 rings (SSSR count). The molecule has 1 aliphatic rings. The summed E-state index contributed by atoms with van der Waals surface area (Å²) in [6, 6.07) is 10.2. The van der Waals surface area contributed by atoms with Crippen molar-refractivity contribution >= 4 is 17.8 Å². The van der Waals surface area contributed by atoms with Gasteiger partial charge in [-0.1, -0.05) is 18.2 Å². The summed E-state index contributed by atoms with van der Waals surface area (Å²) in [5.74, 6) is -0.361. The number of fused-ring (bicyclic) bond motifs is 1. The highest BCUT2D eigenvalue weighted by molar-refractivity contribution is 6.14. The molecule has 0 saturated carbocycles. The number of aryl methyl sites for hydroxylation is 2. The second kappa shape index (κ2) is 5.72. The van der Waals surface area contributed by atoms with Crippen molar-refractivity contribution in [3.05, 3.63) is 69.8 Å². The van der Waals surface area contributed by atoms with Gasteiger partial charge in [0.2, 0.25) is 0 Å². The van der Waals surface area contributed by atoms with E-state index in [0.717, 1.165) is 16.7 Å². The average Bonchev–Trinajstić information content (AvgIpc) is 2.51. The summed E-state index contributed by atoms with van der Waals surface area (Å²) in [5, 5.41) is 8.91. The summed E-state index contributed by atoms with van der Waals surface area (Å²) < 4.78 is 5.74. The Morgan fingerprint density at radius 1 is 1.17 bits per heavy atom. The van der Waals surface area contributed by atoms with E-state index < -0.39 is 5.97 Å². The maximum Gasteiger partial charge on any atom is 0.335 e. The van der Waals surface area contributed by atoms with E-state index in [0.29, 0.717) is 16.9 Å². The Morgan fingerprint density at radius 3 is 2.52 bits per heavy atom. The second-order valence-corrected chi connectivity index (χ2v) is 5.67. The first-order valence-electron chi connectivity index (χ1n) is 7.28. The molecule has 23 heavy (non-hydrogen) atoms. The number of rotatable bonds is 2. The molecule has 0 amide bonds. The quantitative estimate of drug-likeness (QED) is 0.860. The highest BCUT2D eigenvalue weighted by Crippen LogP contribution is 2.32. The Hall–Kier alpha value is -2.88. The summed E-state index contributed by atoms with van der Waals surface area (Å²) in [7, 11) is 0. The number of ether oxygens (including phenoxy) is 1. The number of Topliss-reactive ketones (excluding diaryl/α,β-unsaturated/α-hetero) is 1. The Balaban J connectivity index is 1.95. The lowest BCUT2D eigenvalue weighted by molar-refractivity contribution is 0.0696. The number of hydrogen-bond donors (Lipinski definition) is 1. The Kier molecular flexibility index (Phi) is 3.74. The van der Waals surface area contributed by atoms with E-state index in [1.807, 2.05) is 26.0 Å². The number of carbonyl (C=O) groups is 2. The van der Waals surface area contributed by atoms with Crippen LogP contribution >= 0.6 is 0 Å². The van der Waals surface area contributed by atoms with Gasteiger partial charge < -0.3 is 9.84 Å². The summed E-state index contributed by atoms with van der Waals surface area (Å²) in [5.41, 5.74) is 4.11. The van der Waals surface area contributed by atoms with Gasteiger partial charge in [0.25, 0.3) is 0 Å². The van der Waals surface area contributed by atoms with E-state index in [9.17, 15) is 9.59 Å². The zero-order chi connectivity index (χ0) is 16.6. The number of carbonyl (C=O) groups excluding carboxylic acids is 1. The van der Waals surface area contributed by atoms with Gasteiger partial charge in [-0.15, -0.1) is 0 Å². The van der Waals surface area contributed by atoms with Crippen LogP contribution in [0.2, 0.25) is 0 Å². The normalized spacial score (nSPS) is 15.2. The average molecular weight is 308 g/mol. The minimum Gasteiger partial charge on any atom is -0.488 e. The monoisotopic (exact) mass is 308 g/mol. The smallest absolute Gasteiger partial charge is 0.335 e. The van der Waals surface area contributed by atoms with Crippen LogP contribution in [0, 0.1) is 13.8 Å². The van der Waals surface area contributed by atoms with Crippen LogP contribution in [-0.4, -0.2) is 23.5 Å². The molecule has 0 aromatic heterocycles. The fourth-order valence-electron chi connectivity index (χ4n) is 2.73. The van der Waals surface area contributed by atoms with Gasteiger partial charge in [0.15, 0.2) is 5.78 Å². The highest BCUT2D eigenvalue weighted by atomic mass is 16.5. The minimum absolute atomic E-state index is 0.0413. The molecule has 4 nitrogen and oxygen atoms in total. The molecule has 116 valence electrons. The third-order valence-electron chi connectivity index (χ3n) is 3.83. The number of benzene rings is 2. The van der Waals surface area contributed by atoms with Crippen LogP contribution in [-0.2, 0) is 0 Å². The van der Waals surface area contributed by atoms with Gasteiger partial charge in [0.05, 0.1) is 11.1 Å². The van der Waals surface area contributed by atoms with E-state index in [-0.39, 0.29) is 18.0 Å². The van der Waals surface area contributed by atoms with Gasteiger partial charge in [0.1, 0.15) is 12.4 Å². The topological polar surface area (TPSA) is 63.6 Å². The molecular formula is C19H16O4. The minimum atomic E-state index is -0.971. The van der Waals surface area contributed by atoms with Crippen molar-refractivity contribution < 1.29 is 19.4 Å². The largest absolute Gasteiger partial charge is 0.488 e. The van der Waals surface area contributed by atoms with Crippen LogP contribution in [0.5, 0.6) is 5.75 Å². The lowest BCUT2D eigenvalue weighted by Gasteiger charge is -2.21. The molecule has 2 aromatic rings. The van der Waals surface area contributed by atoms with Gasteiger partial charge >= 0.3 is 5.97 Å². The Bertz CT molecular complexity index is 829. The first-order chi connectivity index (χ1) is 11.0. The third-order valence-corrected chi connectivity index (χ3v) is 3.83. The summed E-state index contributed by atoms with van der Waals surface area (Å²) in [6.07, 6.45) is 1.74. The summed E-state index contributed by atoms with van der Waals surface area (Å²) >= 11 is 0. The molecule has 0 atom stereocenters. The lowest BCUT2D eigenvalue weighted by Crippen LogP contribution is -2.20. The van der Waals surface area contributed by atoms with Crippen LogP contribution in [0.25, 0.3) is 6.08 Å². The lowest BCUT2D eigenvalue weighted by atomic mass is 9.94. The molecule has 1 aliphatic heterocycles. The summed E-state index contributed by atoms with van der Waals surface area (Å²) in [6.45, 7) is 4.10. The molecule has 0 spiro atoms. The van der Waals surface area contributed by atoms with E-state index in [1.54, 1.807) is 18.2 Å². The van der Waals surface area contributed by atoms with Crippen molar-refractivity contribution in [2.75, 3.05) is 6.61 Å². The third kappa shape index (κ3) is 2.88. The molecule has 1 N–H and O–H groups in total. The Labute approximate surface area is 134 Å². The van der Waals surface area contributed by atoms with Crippen molar-refractivity contribution in [1.29, 1.82) is 0 Å². The molecule has 4 heteroatoms.